The molecule has 0 aromatic carbocycles. The molecular formula is C17H20FN5O2. The van der Waals surface area contributed by atoms with E-state index in [0.717, 1.165) is 24.9 Å². The van der Waals surface area contributed by atoms with Gasteiger partial charge in [0.2, 0.25) is 0 Å². The number of hydrogen-bond acceptors (Lipinski definition) is 6. The van der Waals surface area contributed by atoms with Crippen LogP contribution in [0.4, 0.5) is 10.2 Å². The average Bonchev–Trinajstić information content (AvgIpc) is 2.61. The third-order valence-electron chi connectivity index (χ3n) is 4.18. The van der Waals surface area contributed by atoms with Crippen molar-refractivity contribution in [3.8, 4) is 0 Å². The number of amides is 1. The highest BCUT2D eigenvalue weighted by Crippen LogP contribution is 2.24. The van der Waals surface area contributed by atoms with E-state index in [0.29, 0.717) is 18.8 Å². The third kappa shape index (κ3) is 4.27. The summed E-state index contributed by atoms with van der Waals surface area (Å²) in [5, 5.41) is 13.5. The fourth-order valence-electron chi connectivity index (χ4n) is 2.85. The van der Waals surface area contributed by atoms with Crippen molar-refractivity contribution in [1.29, 1.82) is 0 Å². The lowest BCUT2D eigenvalue weighted by atomic mass is 9.92. The topological polar surface area (TPSA) is 91.2 Å². The van der Waals surface area contributed by atoms with Gasteiger partial charge in [0.1, 0.15) is 17.3 Å². The van der Waals surface area contributed by atoms with E-state index < -0.39 is 11.4 Å². The molecule has 132 valence electrons. The molecule has 1 saturated heterocycles. The lowest BCUT2D eigenvalue weighted by Gasteiger charge is -2.39. The summed E-state index contributed by atoms with van der Waals surface area (Å²) in [5.74, 6) is -0.171. The number of carbonyl (C=O) groups excluding carboxylic acids is 1. The molecule has 0 aliphatic carbocycles. The molecule has 0 radical (unpaired) electrons. The van der Waals surface area contributed by atoms with Gasteiger partial charge in [-0.3, -0.25) is 9.78 Å². The SMILES string of the molecule is Cc1cnc(C(=O)NCC2(O)CCCN(c3ccc(F)cn3)C2)cn1. The molecule has 3 heterocycles. The lowest BCUT2D eigenvalue weighted by Crippen LogP contribution is -2.54. The Morgan fingerprint density at radius 2 is 2.16 bits per heavy atom. The number of aryl methyl sites for hydroxylation is 1. The van der Waals surface area contributed by atoms with E-state index in [4.69, 9.17) is 0 Å². The standard InChI is InChI=1S/C17H20FN5O2/c1-12-7-20-14(9-19-12)16(24)22-10-17(25)5-2-6-23(11-17)15-4-3-13(18)8-21-15/h3-4,7-9,25H,2,5-6,10-11H2,1H3,(H,22,24). The molecule has 2 N–H and O–H groups in total. The quantitative estimate of drug-likeness (QED) is 0.862. The van der Waals surface area contributed by atoms with Crippen LogP contribution in [0.25, 0.3) is 0 Å². The fourth-order valence-corrected chi connectivity index (χ4v) is 2.85. The minimum atomic E-state index is -1.08. The van der Waals surface area contributed by atoms with Crippen LogP contribution >= 0.6 is 0 Å². The van der Waals surface area contributed by atoms with Crippen molar-refractivity contribution in [3.05, 3.63) is 47.9 Å². The van der Waals surface area contributed by atoms with Gasteiger partial charge in [-0.15, -0.1) is 0 Å². The van der Waals surface area contributed by atoms with Crippen molar-refractivity contribution < 1.29 is 14.3 Å². The van der Waals surface area contributed by atoms with Gasteiger partial charge >= 0.3 is 0 Å². The third-order valence-corrected chi connectivity index (χ3v) is 4.18. The minimum absolute atomic E-state index is 0.0963. The van der Waals surface area contributed by atoms with Gasteiger partial charge in [-0.25, -0.2) is 14.4 Å². The lowest BCUT2D eigenvalue weighted by molar-refractivity contribution is 0.0253. The van der Waals surface area contributed by atoms with E-state index in [1.165, 1.54) is 18.5 Å². The average molecular weight is 345 g/mol. The number of halogens is 1. The Morgan fingerprint density at radius 1 is 1.32 bits per heavy atom. The molecule has 25 heavy (non-hydrogen) atoms. The highest BCUT2D eigenvalue weighted by molar-refractivity contribution is 5.91. The number of nitrogens with one attached hydrogen (secondary N) is 1. The number of β-amino-alcohol motifs (C(OH)–C–C–N with tert-alkyl or cyclic N) is 1. The molecule has 8 heteroatoms. The zero-order chi connectivity index (χ0) is 17.9. The van der Waals surface area contributed by atoms with Crippen LogP contribution in [-0.2, 0) is 0 Å². The number of anilines is 1. The summed E-state index contributed by atoms with van der Waals surface area (Å²) in [5.41, 5.74) is -0.144. The molecule has 1 aliphatic rings. The Morgan fingerprint density at radius 3 is 2.84 bits per heavy atom. The second-order valence-electron chi connectivity index (χ2n) is 6.31. The smallest absolute Gasteiger partial charge is 0.271 e. The van der Waals surface area contributed by atoms with Gasteiger partial charge < -0.3 is 15.3 Å². The Bertz CT molecular complexity index is 738. The van der Waals surface area contributed by atoms with Crippen LogP contribution in [0.1, 0.15) is 29.0 Å². The van der Waals surface area contributed by atoms with Crippen molar-refractivity contribution in [2.24, 2.45) is 0 Å². The maximum absolute atomic E-state index is 13.0. The van der Waals surface area contributed by atoms with Gasteiger partial charge in [-0.05, 0) is 31.9 Å². The second-order valence-corrected chi connectivity index (χ2v) is 6.31. The van der Waals surface area contributed by atoms with Crippen molar-refractivity contribution >= 4 is 11.7 Å². The molecular weight excluding hydrogens is 325 g/mol. The van der Waals surface area contributed by atoms with E-state index in [1.54, 1.807) is 13.0 Å². The maximum Gasteiger partial charge on any atom is 0.271 e. The number of pyridine rings is 1. The largest absolute Gasteiger partial charge is 0.386 e. The number of piperidine rings is 1. The molecule has 1 amide bonds. The fraction of sp³-hybridized carbons (Fsp3) is 0.412. The molecule has 0 spiro atoms. The summed E-state index contributed by atoms with van der Waals surface area (Å²) < 4.78 is 13.0. The Labute approximate surface area is 144 Å². The molecule has 3 rings (SSSR count). The highest BCUT2D eigenvalue weighted by atomic mass is 19.1. The van der Waals surface area contributed by atoms with Crippen LogP contribution in [0.15, 0.2) is 30.7 Å². The van der Waals surface area contributed by atoms with E-state index in [9.17, 15) is 14.3 Å². The van der Waals surface area contributed by atoms with Gasteiger partial charge in [0, 0.05) is 25.8 Å². The second kappa shape index (κ2) is 7.10. The predicted molar refractivity (Wildman–Crippen MR) is 89.7 cm³/mol. The number of aromatic nitrogens is 3. The van der Waals surface area contributed by atoms with E-state index in [-0.39, 0.29) is 18.1 Å². The van der Waals surface area contributed by atoms with E-state index in [2.05, 4.69) is 20.3 Å². The molecule has 1 atom stereocenters. The summed E-state index contributed by atoms with van der Waals surface area (Å²) in [7, 11) is 0. The Balaban J connectivity index is 1.61. The number of rotatable bonds is 4. The summed E-state index contributed by atoms with van der Waals surface area (Å²) in [4.78, 5) is 26.1. The van der Waals surface area contributed by atoms with Gasteiger partial charge in [-0.1, -0.05) is 0 Å². The van der Waals surface area contributed by atoms with Crippen molar-refractivity contribution in [2.75, 3.05) is 24.5 Å². The number of nitrogens with zero attached hydrogens (tertiary/aromatic N) is 4. The molecule has 0 bridgehead atoms. The summed E-state index contributed by atoms with van der Waals surface area (Å²) in [6, 6.07) is 2.93. The van der Waals surface area contributed by atoms with Gasteiger partial charge in [0.25, 0.3) is 5.91 Å². The summed E-state index contributed by atoms with van der Waals surface area (Å²) in [6.07, 6.45) is 5.39. The maximum atomic E-state index is 13.0. The van der Waals surface area contributed by atoms with Gasteiger partial charge in [0.15, 0.2) is 0 Å². The van der Waals surface area contributed by atoms with Crippen molar-refractivity contribution in [2.45, 2.75) is 25.4 Å². The van der Waals surface area contributed by atoms with Crippen molar-refractivity contribution in [1.82, 2.24) is 20.3 Å². The van der Waals surface area contributed by atoms with Gasteiger partial charge in [-0.2, -0.15) is 0 Å². The molecule has 7 nitrogen and oxygen atoms in total. The first kappa shape index (κ1) is 17.2. The number of hydrogen-bond donors (Lipinski definition) is 2. The summed E-state index contributed by atoms with van der Waals surface area (Å²) >= 11 is 0. The van der Waals surface area contributed by atoms with Crippen LogP contribution in [0.2, 0.25) is 0 Å². The first-order valence-corrected chi connectivity index (χ1v) is 8.11. The Hall–Kier alpha value is -2.61. The van der Waals surface area contributed by atoms with Crippen LogP contribution in [0.5, 0.6) is 0 Å². The van der Waals surface area contributed by atoms with Crippen molar-refractivity contribution in [3.63, 3.8) is 0 Å². The number of aliphatic hydroxyl groups is 1. The first-order valence-electron chi connectivity index (χ1n) is 8.11. The number of carbonyl (C=O) groups is 1. The molecule has 0 saturated carbocycles. The normalized spacial score (nSPS) is 20.4. The highest BCUT2D eigenvalue weighted by Gasteiger charge is 2.34. The zero-order valence-electron chi connectivity index (χ0n) is 13.9. The van der Waals surface area contributed by atoms with E-state index >= 15 is 0 Å². The first-order chi connectivity index (χ1) is 12.0. The molecule has 1 aliphatic heterocycles. The van der Waals surface area contributed by atoms with Crippen LogP contribution in [0.3, 0.4) is 0 Å². The molecule has 2 aromatic rings. The monoisotopic (exact) mass is 345 g/mol. The molecule has 1 unspecified atom stereocenters. The zero-order valence-corrected chi connectivity index (χ0v) is 13.9. The minimum Gasteiger partial charge on any atom is -0.386 e. The molecule has 2 aromatic heterocycles. The predicted octanol–water partition coefficient (Wildman–Crippen LogP) is 1.08. The Kier molecular flexibility index (Phi) is 4.89. The van der Waals surface area contributed by atoms with Crippen LogP contribution in [0, 0.1) is 12.7 Å². The van der Waals surface area contributed by atoms with Crippen LogP contribution in [-0.4, -0.2) is 51.2 Å². The molecule has 1 fully saturated rings. The van der Waals surface area contributed by atoms with Crippen LogP contribution < -0.4 is 10.2 Å². The van der Waals surface area contributed by atoms with Gasteiger partial charge in [0.05, 0.1) is 23.7 Å². The summed E-state index contributed by atoms with van der Waals surface area (Å²) in [6.45, 7) is 2.92. The van der Waals surface area contributed by atoms with E-state index in [1.807, 2.05) is 4.90 Å².